The van der Waals surface area contributed by atoms with E-state index in [0.29, 0.717) is 4.83 Å². The van der Waals surface area contributed by atoms with Gasteiger partial charge in [-0.3, -0.25) is 0 Å². The summed E-state index contributed by atoms with van der Waals surface area (Å²) in [6.45, 7) is 3.20. The maximum Gasteiger partial charge on any atom is 0.0358 e. The van der Waals surface area contributed by atoms with Crippen LogP contribution >= 0.6 is 15.9 Å². The Hall–Kier alpha value is 0.440. The first-order chi connectivity index (χ1) is 2.89. The first kappa shape index (κ1) is 4.60. The van der Waals surface area contributed by atoms with Crippen molar-refractivity contribution >= 4 is 15.9 Å². The summed E-state index contributed by atoms with van der Waals surface area (Å²) in [6, 6.07) is 0. The van der Waals surface area contributed by atoms with Crippen molar-refractivity contribution in [1.82, 2.24) is 5.32 Å². The van der Waals surface area contributed by atoms with Crippen LogP contribution in [-0.4, -0.2) is 11.4 Å². The molecule has 1 unspecified atom stereocenters. The van der Waals surface area contributed by atoms with Gasteiger partial charge in [-0.05, 0) is 13.0 Å². The molecule has 0 bridgehead atoms. The molecule has 1 rings (SSSR count). The first-order valence-electron chi connectivity index (χ1n) is 2.10. The van der Waals surface area contributed by atoms with E-state index >= 15 is 0 Å². The highest BCUT2D eigenvalue weighted by atomic mass is 79.9. The van der Waals surface area contributed by atoms with Crippen LogP contribution in [0, 0.1) is 6.54 Å². The van der Waals surface area contributed by atoms with Gasteiger partial charge in [-0.15, -0.1) is 0 Å². The second-order valence-electron chi connectivity index (χ2n) is 1.43. The molecular formula is C4H7BrN. The highest BCUT2D eigenvalue weighted by molar-refractivity contribution is 9.09. The van der Waals surface area contributed by atoms with Crippen molar-refractivity contribution < 1.29 is 0 Å². The van der Waals surface area contributed by atoms with Gasteiger partial charge in [0.25, 0.3) is 0 Å². The van der Waals surface area contributed by atoms with Crippen molar-refractivity contribution in [3.63, 3.8) is 0 Å². The van der Waals surface area contributed by atoms with Crippen LogP contribution in [0.5, 0.6) is 0 Å². The molecule has 1 saturated heterocycles. The van der Waals surface area contributed by atoms with Crippen LogP contribution < -0.4 is 5.32 Å². The lowest BCUT2D eigenvalue weighted by Crippen LogP contribution is -2.00. The molecule has 6 heavy (non-hydrogen) atoms. The molecule has 1 N–H and O–H groups in total. The number of hydrogen-bond donors (Lipinski definition) is 1. The molecule has 0 aromatic rings. The van der Waals surface area contributed by atoms with E-state index in [-0.39, 0.29) is 0 Å². The highest BCUT2D eigenvalue weighted by Gasteiger charge is 2.08. The molecule has 1 aliphatic heterocycles. The lowest BCUT2D eigenvalue weighted by Gasteiger charge is -1.87. The minimum Gasteiger partial charge on any atom is -0.311 e. The van der Waals surface area contributed by atoms with Crippen molar-refractivity contribution in [3.8, 4) is 0 Å². The Morgan fingerprint density at radius 1 is 1.83 bits per heavy atom. The van der Waals surface area contributed by atoms with Crippen LogP contribution in [0.3, 0.4) is 0 Å². The zero-order chi connectivity index (χ0) is 4.41. The largest absolute Gasteiger partial charge is 0.311 e. The molecule has 0 saturated carbocycles. The van der Waals surface area contributed by atoms with E-state index in [2.05, 4.69) is 27.8 Å². The van der Waals surface area contributed by atoms with Crippen molar-refractivity contribution in [2.75, 3.05) is 6.54 Å². The Morgan fingerprint density at radius 2 is 2.67 bits per heavy atom. The van der Waals surface area contributed by atoms with Crippen molar-refractivity contribution in [1.29, 1.82) is 0 Å². The fourth-order valence-corrected chi connectivity index (χ4v) is 0.932. The fraction of sp³-hybridized carbons (Fsp3) is 0.750. The van der Waals surface area contributed by atoms with Gasteiger partial charge in [0.1, 0.15) is 0 Å². The summed E-state index contributed by atoms with van der Waals surface area (Å²) in [6.07, 6.45) is 1.24. The first-order valence-corrected chi connectivity index (χ1v) is 3.02. The third-order valence-electron chi connectivity index (χ3n) is 0.863. The molecule has 0 amide bonds. The van der Waals surface area contributed by atoms with E-state index in [1.807, 2.05) is 0 Å². The van der Waals surface area contributed by atoms with Crippen LogP contribution in [0.4, 0.5) is 0 Å². The lowest BCUT2D eigenvalue weighted by molar-refractivity contribution is 0.906. The van der Waals surface area contributed by atoms with E-state index in [4.69, 9.17) is 0 Å². The maximum absolute atomic E-state index is 3.42. The molecule has 0 aromatic heterocycles. The summed E-state index contributed by atoms with van der Waals surface area (Å²) in [5.74, 6) is 0. The van der Waals surface area contributed by atoms with Gasteiger partial charge in [-0.2, -0.15) is 0 Å². The molecule has 0 spiro atoms. The molecule has 1 atom stereocenters. The monoisotopic (exact) mass is 148 g/mol. The maximum atomic E-state index is 3.42. The third kappa shape index (κ3) is 0.949. The van der Waals surface area contributed by atoms with Gasteiger partial charge in [0, 0.05) is 11.4 Å². The topological polar surface area (TPSA) is 12.0 Å². The van der Waals surface area contributed by atoms with Crippen LogP contribution in [-0.2, 0) is 0 Å². The number of halogens is 1. The summed E-state index contributed by atoms with van der Waals surface area (Å²) < 4.78 is 0. The van der Waals surface area contributed by atoms with Gasteiger partial charge in [0.2, 0.25) is 0 Å². The summed E-state index contributed by atoms with van der Waals surface area (Å²) >= 11 is 3.42. The Bertz CT molecular complexity index is 40.8. The molecule has 2 heteroatoms. The average molecular weight is 149 g/mol. The molecule has 1 heterocycles. The van der Waals surface area contributed by atoms with Gasteiger partial charge >= 0.3 is 0 Å². The predicted octanol–water partition coefficient (Wildman–Crippen LogP) is 0.905. The van der Waals surface area contributed by atoms with Crippen LogP contribution in [0.15, 0.2) is 0 Å². The molecule has 1 radical (unpaired) electrons. The second kappa shape index (κ2) is 1.94. The average Bonchev–Trinajstić information content (AvgIpc) is 1.86. The minimum atomic E-state index is 0.623. The van der Waals surface area contributed by atoms with Crippen LogP contribution in [0.25, 0.3) is 0 Å². The Morgan fingerprint density at radius 3 is 2.83 bits per heavy atom. The normalized spacial score (nSPS) is 34.5. The van der Waals surface area contributed by atoms with E-state index in [9.17, 15) is 0 Å². The van der Waals surface area contributed by atoms with E-state index < -0.39 is 0 Å². The lowest BCUT2D eigenvalue weighted by atomic mass is 10.4. The van der Waals surface area contributed by atoms with Crippen LogP contribution in [0.2, 0.25) is 0 Å². The van der Waals surface area contributed by atoms with Crippen LogP contribution in [0.1, 0.15) is 6.42 Å². The van der Waals surface area contributed by atoms with E-state index in [1.54, 1.807) is 0 Å². The molecule has 0 aliphatic carbocycles. The van der Waals surface area contributed by atoms with E-state index in [1.165, 1.54) is 6.42 Å². The van der Waals surface area contributed by atoms with Gasteiger partial charge in [0.15, 0.2) is 0 Å². The zero-order valence-corrected chi connectivity index (χ0v) is 5.03. The summed E-state index contributed by atoms with van der Waals surface area (Å²) in [7, 11) is 0. The van der Waals surface area contributed by atoms with Crippen molar-refractivity contribution in [2.24, 2.45) is 0 Å². The second-order valence-corrected chi connectivity index (χ2v) is 2.60. The molecule has 0 aromatic carbocycles. The van der Waals surface area contributed by atoms with Gasteiger partial charge in [-0.25, -0.2) is 0 Å². The number of nitrogens with one attached hydrogen (secondary N) is 1. The standard InChI is InChI=1S/C4H7BrN/c5-4-1-2-6-3-4/h3-4,6H,1-2H2. The minimum absolute atomic E-state index is 0.623. The molecule has 1 aliphatic rings. The quantitative estimate of drug-likeness (QED) is 0.504. The molecule has 35 valence electrons. The predicted molar refractivity (Wildman–Crippen MR) is 29.6 cm³/mol. The fourth-order valence-electron chi connectivity index (χ4n) is 0.516. The summed E-state index contributed by atoms with van der Waals surface area (Å²) in [5, 5.41) is 3.10. The van der Waals surface area contributed by atoms with Crippen molar-refractivity contribution in [2.45, 2.75) is 11.2 Å². The SMILES string of the molecule is BrC1[CH]NCC1. The molecule has 1 fully saturated rings. The number of hydrogen-bond acceptors (Lipinski definition) is 1. The van der Waals surface area contributed by atoms with E-state index in [0.717, 1.165) is 6.54 Å². The Kier molecular flexibility index (Phi) is 1.48. The zero-order valence-electron chi connectivity index (χ0n) is 3.45. The third-order valence-corrected chi connectivity index (χ3v) is 1.59. The van der Waals surface area contributed by atoms with Gasteiger partial charge < -0.3 is 5.32 Å². The summed E-state index contributed by atoms with van der Waals surface area (Å²) in [5.41, 5.74) is 0. The smallest absolute Gasteiger partial charge is 0.0358 e. The number of rotatable bonds is 0. The Balaban J connectivity index is 2.18. The highest BCUT2D eigenvalue weighted by Crippen LogP contribution is 2.10. The molecule has 1 nitrogen and oxygen atoms in total. The Labute approximate surface area is 46.2 Å². The van der Waals surface area contributed by atoms with Gasteiger partial charge in [0.05, 0.1) is 0 Å². The number of alkyl halides is 1. The molecular weight excluding hydrogens is 142 g/mol. The van der Waals surface area contributed by atoms with Crippen molar-refractivity contribution in [3.05, 3.63) is 6.54 Å². The summed E-state index contributed by atoms with van der Waals surface area (Å²) in [4.78, 5) is 0.623. The van der Waals surface area contributed by atoms with Gasteiger partial charge in [-0.1, -0.05) is 15.9 Å².